The van der Waals surface area contributed by atoms with Crippen molar-refractivity contribution in [1.29, 1.82) is 0 Å². The summed E-state index contributed by atoms with van der Waals surface area (Å²) < 4.78 is 18.6. The van der Waals surface area contributed by atoms with Crippen LogP contribution in [0.3, 0.4) is 0 Å². The number of carbonyl (C=O) groups excluding carboxylic acids is 1. The number of hydrogen-bond acceptors (Lipinski definition) is 7. The Labute approximate surface area is 180 Å². The fourth-order valence-electron chi connectivity index (χ4n) is 3.74. The van der Waals surface area contributed by atoms with Crippen molar-refractivity contribution in [3.8, 4) is 17.1 Å². The lowest BCUT2D eigenvalue weighted by atomic mass is 10.2. The topological polar surface area (TPSA) is 78.7 Å². The standard InChI is InChI=1S/C21H28N4O4S/c1-15(20(26)24-9-12-28-13-10-24)30-21-23-22-19(16-5-7-17(27-2)8-6-16)25(21)14-18-4-3-11-29-18/h5-8,15,18H,3-4,9-14H2,1-2H3. The Balaban J connectivity index is 1.56. The van der Waals surface area contributed by atoms with Crippen molar-refractivity contribution in [3.05, 3.63) is 24.3 Å². The predicted octanol–water partition coefficient (Wildman–Crippen LogP) is 2.47. The van der Waals surface area contributed by atoms with E-state index in [1.807, 2.05) is 36.1 Å². The van der Waals surface area contributed by atoms with Gasteiger partial charge in [-0.25, -0.2) is 0 Å². The number of methoxy groups -OCH3 is 1. The molecule has 1 aromatic heterocycles. The van der Waals surface area contributed by atoms with Crippen LogP contribution in [0.5, 0.6) is 5.75 Å². The summed E-state index contributed by atoms with van der Waals surface area (Å²) in [5.41, 5.74) is 0.959. The number of ether oxygens (including phenoxy) is 3. The summed E-state index contributed by atoms with van der Waals surface area (Å²) >= 11 is 1.46. The minimum Gasteiger partial charge on any atom is -0.497 e. The fourth-order valence-corrected chi connectivity index (χ4v) is 4.68. The molecule has 4 rings (SSSR count). The SMILES string of the molecule is COc1ccc(-c2nnc(SC(C)C(=O)N3CCOCC3)n2CC2CCCO2)cc1. The first-order valence-corrected chi connectivity index (χ1v) is 11.3. The summed E-state index contributed by atoms with van der Waals surface area (Å²) in [6.45, 7) is 5.88. The third-order valence-corrected chi connectivity index (χ3v) is 6.50. The highest BCUT2D eigenvalue weighted by Gasteiger charge is 2.27. The summed E-state index contributed by atoms with van der Waals surface area (Å²) in [5, 5.41) is 9.39. The highest BCUT2D eigenvalue weighted by molar-refractivity contribution is 8.00. The van der Waals surface area contributed by atoms with Crippen LogP contribution in [0.25, 0.3) is 11.4 Å². The zero-order valence-electron chi connectivity index (χ0n) is 17.5. The summed E-state index contributed by atoms with van der Waals surface area (Å²) in [6.07, 6.45) is 2.23. The van der Waals surface area contributed by atoms with E-state index >= 15 is 0 Å². The van der Waals surface area contributed by atoms with Gasteiger partial charge in [0.2, 0.25) is 5.91 Å². The smallest absolute Gasteiger partial charge is 0.236 e. The van der Waals surface area contributed by atoms with Crippen molar-refractivity contribution in [1.82, 2.24) is 19.7 Å². The molecule has 30 heavy (non-hydrogen) atoms. The van der Waals surface area contributed by atoms with Gasteiger partial charge in [-0.15, -0.1) is 10.2 Å². The van der Waals surface area contributed by atoms with Gasteiger partial charge < -0.3 is 19.1 Å². The van der Waals surface area contributed by atoms with Crippen LogP contribution < -0.4 is 4.74 Å². The number of nitrogens with zero attached hydrogens (tertiary/aromatic N) is 4. The van der Waals surface area contributed by atoms with Crippen LogP contribution in [0.1, 0.15) is 19.8 Å². The lowest BCUT2D eigenvalue weighted by molar-refractivity contribution is -0.134. The van der Waals surface area contributed by atoms with Crippen LogP contribution in [0.15, 0.2) is 29.4 Å². The summed E-state index contributed by atoms with van der Waals surface area (Å²) in [6, 6.07) is 7.78. The van der Waals surface area contributed by atoms with E-state index in [1.165, 1.54) is 11.8 Å². The van der Waals surface area contributed by atoms with Crippen molar-refractivity contribution >= 4 is 17.7 Å². The highest BCUT2D eigenvalue weighted by Crippen LogP contribution is 2.30. The largest absolute Gasteiger partial charge is 0.497 e. The molecule has 1 amide bonds. The number of amides is 1. The summed E-state index contributed by atoms with van der Waals surface area (Å²) in [4.78, 5) is 14.7. The Hall–Kier alpha value is -2.10. The van der Waals surface area contributed by atoms with Crippen LogP contribution in [0.4, 0.5) is 0 Å². The van der Waals surface area contributed by atoms with E-state index in [-0.39, 0.29) is 17.3 Å². The third-order valence-electron chi connectivity index (χ3n) is 5.43. The molecule has 1 aromatic carbocycles. The number of morpholine rings is 1. The maximum absolute atomic E-state index is 12.9. The molecule has 0 bridgehead atoms. The maximum atomic E-state index is 12.9. The number of hydrogen-bond donors (Lipinski definition) is 0. The minimum absolute atomic E-state index is 0.112. The molecule has 2 aliphatic heterocycles. The number of rotatable bonds is 7. The normalized spacial score (nSPS) is 20.3. The molecule has 3 heterocycles. The van der Waals surface area contributed by atoms with Crippen LogP contribution >= 0.6 is 11.8 Å². The molecular weight excluding hydrogens is 404 g/mol. The van der Waals surface area contributed by atoms with Gasteiger partial charge >= 0.3 is 0 Å². The lowest BCUT2D eigenvalue weighted by Crippen LogP contribution is -2.44. The number of thioether (sulfide) groups is 1. The molecule has 0 N–H and O–H groups in total. The van der Waals surface area contributed by atoms with Crippen molar-refractivity contribution in [2.75, 3.05) is 40.0 Å². The molecule has 0 radical (unpaired) electrons. The molecule has 2 saturated heterocycles. The molecule has 162 valence electrons. The molecule has 0 aliphatic carbocycles. The molecule has 8 nitrogen and oxygen atoms in total. The lowest BCUT2D eigenvalue weighted by Gasteiger charge is -2.29. The molecular formula is C21H28N4O4S. The molecule has 2 atom stereocenters. The third kappa shape index (κ3) is 4.79. The first-order valence-electron chi connectivity index (χ1n) is 10.4. The monoisotopic (exact) mass is 432 g/mol. The van der Waals surface area contributed by atoms with Gasteiger partial charge in [0.1, 0.15) is 5.75 Å². The average Bonchev–Trinajstić information content (AvgIpc) is 3.45. The second-order valence-corrected chi connectivity index (χ2v) is 8.79. The Bertz CT molecular complexity index is 845. The molecule has 9 heteroatoms. The van der Waals surface area contributed by atoms with Crippen LogP contribution in [0.2, 0.25) is 0 Å². The highest BCUT2D eigenvalue weighted by atomic mass is 32.2. The maximum Gasteiger partial charge on any atom is 0.236 e. The number of carbonyl (C=O) groups is 1. The zero-order chi connectivity index (χ0) is 20.9. The van der Waals surface area contributed by atoms with Crippen molar-refractivity contribution in [2.45, 2.75) is 42.8 Å². The van der Waals surface area contributed by atoms with E-state index in [9.17, 15) is 4.79 Å². The predicted molar refractivity (Wildman–Crippen MR) is 114 cm³/mol. The summed E-state index contributed by atoms with van der Waals surface area (Å²) in [7, 11) is 1.65. The Morgan fingerprint density at radius 3 is 2.67 bits per heavy atom. The number of aromatic nitrogens is 3. The first kappa shape index (κ1) is 21.1. The second kappa shape index (κ2) is 9.80. The molecule has 0 saturated carbocycles. The zero-order valence-corrected chi connectivity index (χ0v) is 18.3. The second-order valence-electron chi connectivity index (χ2n) is 7.48. The van der Waals surface area contributed by atoms with Crippen molar-refractivity contribution in [3.63, 3.8) is 0 Å². The van der Waals surface area contributed by atoms with E-state index in [4.69, 9.17) is 14.2 Å². The molecule has 2 fully saturated rings. The van der Waals surface area contributed by atoms with Gasteiger partial charge in [0.05, 0.1) is 38.2 Å². The number of benzene rings is 1. The Kier molecular flexibility index (Phi) is 6.91. The van der Waals surface area contributed by atoms with Gasteiger partial charge in [-0.2, -0.15) is 0 Å². The van der Waals surface area contributed by atoms with Gasteiger partial charge in [-0.1, -0.05) is 11.8 Å². The van der Waals surface area contributed by atoms with E-state index in [1.54, 1.807) is 7.11 Å². The van der Waals surface area contributed by atoms with Crippen LogP contribution in [-0.4, -0.2) is 76.9 Å². The Morgan fingerprint density at radius 2 is 2.00 bits per heavy atom. The van der Waals surface area contributed by atoms with Crippen LogP contribution in [0, 0.1) is 0 Å². The van der Waals surface area contributed by atoms with E-state index in [0.717, 1.165) is 41.7 Å². The fraction of sp³-hybridized carbons (Fsp3) is 0.571. The van der Waals surface area contributed by atoms with Gasteiger partial charge in [0.15, 0.2) is 11.0 Å². The van der Waals surface area contributed by atoms with E-state index < -0.39 is 0 Å². The van der Waals surface area contributed by atoms with Gasteiger partial charge in [0, 0.05) is 25.3 Å². The van der Waals surface area contributed by atoms with E-state index in [2.05, 4.69) is 14.8 Å². The van der Waals surface area contributed by atoms with Gasteiger partial charge in [-0.05, 0) is 44.0 Å². The molecule has 2 unspecified atom stereocenters. The first-order chi connectivity index (χ1) is 14.7. The summed E-state index contributed by atoms with van der Waals surface area (Å²) in [5.74, 6) is 1.69. The Morgan fingerprint density at radius 1 is 1.23 bits per heavy atom. The van der Waals surface area contributed by atoms with Crippen molar-refractivity contribution < 1.29 is 19.0 Å². The minimum atomic E-state index is -0.251. The van der Waals surface area contributed by atoms with Gasteiger partial charge in [-0.3, -0.25) is 9.36 Å². The molecule has 0 spiro atoms. The molecule has 2 aliphatic rings. The average molecular weight is 433 g/mol. The van der Waals surface area contributed by atoms with E-state index in [0.29, 0.717) is 32.8 Å². The molecule has 2 aromatic rings. The van der Waals surface area contributed by atoms with Crippen LogP contribution in [-0.2, 0) is 20.8 Å². The van der Waals surface area contributed by atoms with Crippen molar-refractivity contribution in [2.24, 2.45) is 0 Å². The quantitative estimate of drug-likeness (QED) is 0.622. The van der Waals surface area contributed by atoms with Gasteiger partial charge in [0.25, 0.3) is 0 Å².